The summed E-state index contributed by atoms with van der Waals surface area (Å²) in [5, 5.41) is 6.10. The summed E-state index contributed by atoms with van der Waals surface area (Å²) in [6, 6.07) is 10.5. The second-order valence-corrected chi connectivity index (χ2v) is 7.14. The SMILES string of the molecule is CNCCC[N+](C)(CCCNC(=O)C(C)C(C)=O)Cc1ccccc1. The van der Waals surface area contributed by atoms with Gasteiger partial charge in [0.1, 0.15) is 12.3 Å². The maximum absolute atomic E-state index is 11.9. The van der Waals surface area contributed by atoms with E-state index in [1.165, 1.54) is 12.5 Å². The summed E-state index contributed by atoms with van der Waals surface area (Å²) >= 11 is 0. The zero-order valence-electron chi connectivity index (χ0n) is 16.2. The molecule has 2 N–H and O–H groups in total. The Morgan fingerprint density at radius 1 is 1.08 bits per heavy atom. The quantitative estimate of drug-likeness (QED) is 0.345. The highest BCUT2D eigenvalue weighted by Gasteiger charge is 2.22. The molecule has 5 heteroatoms. The van der Waals surface area contributed by atoms with E-state index in [1.54, 1.807) is 6.92 Å². The number of benzene rings is 1. The Hall–Kier alpha value is -1.72. The molecule has 2 unspecified atom stereocenters. The number of nitrogens with one attached hydrogen (secondary N) is 2. The van der Waals surface area contributed by atoms with Crippen LogP contribution in [0, 0.1) is 5.92 Å². The zero-order chi connectivity index (χ0) is 18.7. The summed E-state index contributed by atoms with van der Waals surface area (Å²) in [5.74, 6) is -0.810. The van der Waals surface area contributed by atoms with Crippen molar-refractivity contribution in [1.29, 1.82) is 0 Å². The molecular weight excluding hydrogens is 314 g/mol. The van der Waals surface area contributed by atoms with Gasteiger partial charge in [0.25, 0.3) is 0 Å². The summed E-state index contributed by atoms with van der Waals surface area (Å²) < 4.78 is 0.948. The highest BCUT2D eigenvalue weighted by molar-refractivity contribution is 5.99. The fourth-order valence-corrected chi connectivity index (χ4v) is 2.94. The van der Waals surface area contributed by atoms with Crippen LogP contribution in [-0.4, -0.2) is 56.4 Å². The second kappa shape index (κ2) is 11.0. The van der Waals surface area contributed by atoms with Crippen LogP contribution in [0.15, 0.2) is 30.3 Å². The van der Waals surface area contributed by atoms with Gasteiger partial charge in [0.15, 0.2) is 0 Å². The van der Waals surface area contributed by atoms with Crippen LogP contribution >= 0.6 is 0 Å². The molecular formula is C20H34N3O2+. The summed E-state index contributed by atoms with van der Waals surface area (Å²) in [5.41, 5.74) is 1.34. The predicted molar refractivity (Wildman–Crippen MR) is 102 cm³/mol. The number of Topliss-reactive ketones (excluding diaryl/α,β-unsaturated/α-hetero) is 1. The van der Waals surface area contributed by atoms with Gasteiger partial charge in [0.05, 0.1) is 26.1 Å². The third-order valence-electron chi connectivity index (χ3n) is 4.71. The minimum absolute atomic E-state index is 0.0886. The topological polar surface area (TPSA) is 58.2 Å². The number of carbonyl (C=O) groups excluding carboxylic acids is 2. The van der Waals surface area contributed by atoms with Crippen LogP contribution in [-0.2, 0) is 16.1 Å². The van der Waals surface area contributed by atoms with Crippen LogP contribution in [0.5, 0.6) is 0 Å². The minimum Gasteiger partial charge on any atom is -0.355 e. The van der Waals surface area contributed by atoms with E-state index < -0.39 is 5.92 Å². The molecule has 5 nitrogen and oxygen atoms in total. The summed E-state index contributed by atoms with van der Waals surface area (Å²) in [7, 11) is 4.26. The average Bonchev–Trinajstić information content (AvgIpc) is 2.59. The lowest BCUT2D eigenvalue weighted by molar-refractivity contribution is -0.922. The molecule has 0 aliphatic carbocycles. The normalized spacial score (nSPS) is 14.6. The Labute approximate surface area is 152 Å². The number of nitrogens with zero attached hydrogens (tertiary/aromatic N) is 1. The number of rotatable bonds is 12. The first-order chi connectivity index (χ1) is 11.9. The van der Waals surface area contributed by atoms with Crippen molar-refractivity contribution in [3.05, 3.63) is 35.9 Å². The molecule has 0 saturated heterocycles. The van der Waals surface area contributed by atoms with Gasteiger partial charge in [-0.15, -0.1) is 0 Å². The number of carbonyl (C=O) groups is 2. The average molecular weight is 349 g/mol. The molecule has 0 radical (unpaired) electrons. The third kappa shape index (κ3) is 8.27. The molecule has 0 aliphatic heterocycles. The van der Waals surface area contributed by atoms with Gasteiger partial charge in [0.2, 0.25) is 5.91 Å². The maximum atomic E-state index is 11.9. The van der Waals surface area contributed by atoms with Gasteiger partial charge in [-0.3, -0.25) is 9.59 Å². The van der Waals surface area contributed by atoms with Crippen molar-refractivity contribution in [2.24, 2.45) is 5.92 Å². The van der Waals surface area contributed by atoms with Gasteiger partial charge < -0.3 is 15.1 Å². The van der Waals surface area contributed by atoms with Gasteiger partial charge >= 0.3 is 0 Å². The van der Waals surface area contributed by atoms with E-state index in [9.17, 15) is 9.59 Å². The first-order valence-electron chi connectivity index (χ1n) is 9.18. The third-order valence-corrected chi connectivity index (χ3v) is 4.71. The van der Waals surface area contributed by atoms with Gasteiger partial charge in [-0.05, 0) is 20.9 Å². The fourth-order valence-electron chi connectivity index (χ4n) is 2.94. The molecule has 0 aromatic heterocycles. The van der Waals surface area contributed by atoms with Gasteiger partial charge in [-0.1, -0.05) is 30.3 Å². The molecule has 0 aliphatic rings. The highest BCUT2D eigenvalue weighted by atomic mass is 16.2. The van der Waals surface area contributed by atoms with E-state index in [0.29, 0.717) is 6.54 Å². The van der Waals surface area contributed by atoms with Crippen molar-refractivity contribution >= 4 is 11.7 Å². The van der Waals surface area contributed by atoms with Crippen molar-refractivity contribution < 1.29 is 14.1 Å². The number of hydrogen-bond acceptors (Lipinski definition) is 3. The van der Waals surface area contributed by atoms with E-state index in [0.717, 1.165) is 43.5 Å². The molecule has 1 rings (SSSR count). The lowest BCUT2D eigenvalue weighted by Gasteiger charge is -2.35. The lowest BCUT2D eigenvalue weighted by atomic mass is 10.1. The molecule has 1 aromatic carbocycles. The number of amides is 1. The monoisotopic (exact) mass is 348 g/mol. The standard InChI is InChI=1S/C20H33N3O2/c1-17(18(2)24)20(25)22-13-9-15-23(4,14-8-12-21-3)16-19-10-6-5-7-11-19/h5-7,10-11,17,21H,8-9,12-16H2,1-4H3/p+1. The van der Waals surface area contributed by atoms with Gasteiger partial charge in [-0.2, -0.15) is 0 Å². The summed E-state index contributed by atoms with van der Waals surface area (Å²) in [6.45, 7) is 7.81. The molecule has 140 valence electrons. The molecule has 2 atom stereocenters. The van der Waals surface area contributed by atoms with Crippen LogP contribution < -0.4 is 10.6 Å². The number of ketones is 1. The first kappa shape index (κ1) is 21.3. The molecule has 0 heterocycles. The fraction of sp³-hybridized carbons (Fsp3) is 0.600. The van der Waals surface area contributed by atoms with Gasteiger partial charge in [0, 0.05) is 31.5 Å². The highest BCUT2D eigenvalue weighted by Crippen LogP contribution is 2.13. The van der Waals surface area contributed by atoms with Crippen molar-refractivity contribution in [3.63, 3.8) is 0 Å². The molecule has 0 fully saturated rings. The van der Waals surface area contributed by atoms with E-state index >= 15 is 0 Å². The van der Waals surface area contributed by atoms with Crippen LogP contribution in [0.2, 0.25) is 0 Å². The Kier molecular flexibility index (Phi) is 9.39. The van der Waals surface area contributed by atoms with E-state index in [4.69, 9.17) is 0 Å². The first-order valence-corrected chi connectivity index (χ1v) is 9.18. The van der Waals surface area contributed by atoms with E-state index in [2.05, 4.69) is 41.9 Å². The Balaban J connectivity index is 2.52. The van der Waals surface area contributed by atoms with E-state index in [1.807, 2.05) is 13.1 Å². The zero-order valence-corrected chi connectivity index (χ0v) is 16.2. The minimum atomic E-state index is -0.555. The summed E-state index contributed by atoms with van der Waals surface area (Å²) in [6.07, 6.45) is 2.02. The van der Waals surface area contributed by atoms with E-state index in [-0.39, 0.29) is 11.7 Å². The molecule has 0 bridgehead atoms. The molecule has 0 saturated carbocycles. The van der Waals surface area contributed by atoms with Crippen molar-refractivity contribution in [2.45, 2.75) is 33.2 Å². The Morgan fingerprint density at radius 3 is 2.24 bits per heavy atom. The van der Waals surface area contributed by atoms with Crippen molar-refractivity contribution in [2.75, 3.05) is 40.3 Å². The smallest absolute Gasteiger partial charge is 0.230 e. The molecule has 1 amide bonds. The molecule has 0 spiro atoms. The van der Waals surface area contributed by atoms with Crippen LogP contribution in [0.1, 0.15) is 32.3 Å². The maximum Gasteiger partial charge on any atom is 0.230 e. The van der Waals surface area contributed by atoms with Crippen LogP contribution in [0.4, 0.5) is 0 Å². The van der Waals surface area contributed by atoms with Crippen LogP contribution in [0.25, 0.3) is 0 Å². The number of hydrogen-bond donors (Lipinski definition) is 2. The Bertz CT molecular complexity index is 533. The number of quaternary nitrogens is 1. The predicted octanol–water partition coefficient (Wildman–Crippen LogP) is 1.97. The van der Waals surface area contributed by atoms with Crippen molar-refractivity contribution in [1.82, 2.24) is 10.6 Å². The second-order valence-electron chi connectivity index (χ2n) is 7.14. The molecule has 25 heavy (non-hydrogen) atoms. The largest absolute Gasteiger partial charge is 0.355 e. The summed E-state index contributed by atoms with van der Waals surface area (Å²) in [4.78, 5) is 23.1. The van der Waals surface area contributed by atoms with Crippen molar-refractivity contribution in [3.8, 4) is 0 Å². The van der Waals surface area contributed by atoms with Gasteiger partial charge in [-0.25, -0.2) is 0 Å². The Morgan fingerprint density at radius 2 is 1.68 bits per heavy atom. The molecule has 1 aromatic rings. The van der Waals surface area contributed by atoms with Crippen LogP contribution in [0.3, 0.4) is 0 Å². The lowest BCUT2D eigenvalue weighted by Crippen LogP contribution is -2.46.